The maximum absolute atomic E-state index is 11.8. The van der Waals surface area contributed by atoms with Crippen LogP contribution in [-0.2, 0) is 4.79 Å². The van der Waals surface area contributed by atoms with Crippen LogP contribution >= 0.6 is 0 Å². The molecule has 0 fully saturated rings. The summed E-state index contributed by atoms with van der Waals surface area (Å²) in [6, 6.07) is 13.1. The van der Waals surface area contributed by atoms with Crippen LogP contribution in [0.4, 0.5) is 10.5 Å². The molecule has 0 radical (unpaired) electrons. The number of aromatic hydroxyl groups is 1. The Morgan fingerprint density at radius 1 is 1.15 bits per heavy atom. The smallest absolute Gasteiger partial charge is 0.366 e. The first-order valence-electron chi connectivity index (χ1n) is 7.95. The summed E-state index contributed by atoms with van der Waals surface area (Å²) in [5.41, 5.74) is 1.55. The number of azo groups is 1. The summed E-state index contributed by atoms with van der Waals surface area (Å²) in [7, 11) is 1.56. The van der Waals surface area contributed by atoms with E-state index in [4.69, 9.17) is 4.74 Å². The number of nitrogens with zero attached hydrogens (tertiary/aromatic N) is 2. The summed E-state index contributed by atoms with van der Waals surface area (Å²) in [6.45, 7) is 0. The van der Waals surface area contributed by atoms with Crippen molar-refractivity contribution in [3.63, 3.8) is 0 Å². The van der Waals surface area contributed by atoms with E-state index < -0.39 is 11.9 Å². The van der Waals surface area contributed by atoms with Crippen LogP contribution in [-0.4, -0.2) is 29.1 Å². The van der Waals surface area contributed by atoms with Crippen molar-refractivity contribution in [1.82, 2.24) is 10.3 Å². The summed E-state index contributed by atoms with van der Waals surface area (Å²) in [6.07, 6.45) is 2.75. The zero-order valence-corrected chi connectivity index (χ0v) is 14.3. The number of urea groups is 1. The molecule has 8 nitrogen and oxygen atoms in total. The number of hydrogen-bond donors (Lipinski definition) is 3. The number of aromatic nitrogens is 1. The molecule has 27 heavy (non-hydrogen) atoms. The monoisotopic (exact) mass is 364 g/mol. The van der Waals surface area contributed by atoms with Gasteiger partial charge in [0, 0.05) is 11.5 Å². The van der Waals surface area contributed by atoms with Crippen LogP contribution in [0.5, 0.6) is 11.6 Å². The fourth-order valence-electron chi connectivity index (χ4n) is 2.37. The third-order valence-corrected chi connectivity index (χ3v) is 3.67. The Hall–Kier alpha value is -3.94. The number of aromatic amines is 1. The highest BCUT2D eigenvalue weighted by molar-refractivity contribution is 6.02. The first-order chi connectivity index (χ1) is 13.1. The van der Waals surface area contributed by atoms with Crippen molar-refractivity contribution in [2.75, 3.05) is 7.11 Å². The molecule has 1 aromatic heterocycles. The molecule has 3 rings (SSSR count). The SMILES string of the molecule is COc1ccc(/C=C/C(=O)NC(=O)N=Nc2c(O)[nH]c3ccccc23)cc1. The van der Waals surface area contributed by atoms with Crippen LogP contribution in [0.1, 0.15) is 5.56 Å². The van der Waals surface area contributed by atoms with E-state index in [1.807, 2.05) is 0 Å². The highest BCUT2D eigenvalue weighted by Gasteiger charge is 2.10. The molecule has 0 saturated carbocycles. The number of para-hydroxylation sites is 1. The van der Waals surface area contributed by atoms with Gasteiger partial charge in [0.1, 0.15) is 5.75 Å². The number of amides is 3. The van der Waals surface area contributed by atoms with Crippen LogP contribution in [0.25, 0.3) is 17.0 Å². The van der Waals surface area contributed by atoms with Gasteiger partial charge in [-0.15, -0.1) is 5.11 Å². The number of hydrogen-bond acceptors (Lipinski definition) is 5. The van der Waals surface area contributed by atoms with Crippen LogP contribution in [0.15, 0.2) is 64.8 Å². The Balaban J connectivity index is 1.62. The molecular weight excluding hydrogens is 348 g/mol. The number of nitrogens with one attached hydrogen (secondary N) is 2. The van der Waals surface area contributed by atoms with Gasteiger partial charge in [-0.3, -0.25) is 10.1 Å². The minimum absolute atomic E-state index is 0.127. The highest BCUT2D eigenvalue weighted by Crippen LogP contribution is 2.35. The van der Waals surface area contributed by atoms with Gasteiger partial charge in [0.25, 0.3) is 5.91 Å². The standard InChI is InChI=1S/C19H16N4O4/c1-27-13-9-6-12(7-10-13)8-11-16(24)21-19(26)23-22-17-14-4-2-3-5-15(14)20-18(17)25/h2-11,20,25H,1H3,(H,21,24,26)/b11-8+,23-22?. The predicted octanol–water partition coefficient (Wildman–Crippen LogP) is 3.92. The van der Waals surface area contributed by atoms with E-state index in [1.165, 1.54) is 6.08 Å². The number of carbonyl (C=O) groups excluding carboxylic acids is 2. The zero-order valence-electron chi connectivity index (χ0n) is 14.3. The first kappa shape index (κ1) is 17.9. The van der Waals surface area contributed by atoms with Crippen molar-refractivity contribution in [3.05, 3.63) is 60.2 Å². The van der Waals surface area contributed by atoms with Crippen LogP contribution < -0.4 is 10.1 Å². The Morgan fingerprint density at radius 2 is 1.89 bits per heavy atom. The highest BCUT2D eigenvalue weighted by atomic mass is 16.5. The maximum atomic E-state index is 11.8. The Bertz CT molecular complexity index is 1040. The topological polar surface area (TPSA) is 116 Å². The van der Waals surface area contributed by atoms with Gasteiger partial charge in [-0.2, -0.15) is 0 Å². The van der Waals surface area contributed by atoms with Gasteiger partial charge < -0.3 is 14.8 Å². The van der Waals surface area contributed by atoms with Crippen molar-refractivity contribution < 1.29 is 19.4 Å². The number of ether oxygens (including phenoxy) is 1. The van der Waals surface area contributed by atoms with Gasteiger partial charge in [0.2, 0.25) is 5.88 Å². The summed E-state index contributed by atoms with van der Waals surface area (Å²) in [5, 5.41) is 19.7. The second-order valence-electron chi connectivity index (χ2n) is 5.47. The van der Waals surface area contributed by atoms with Gasteiger partial charge >= 0.3 is 6.03 Å². The largest absolute Gasteiger partial charge is 0.497 e. The Kier molecular flexibility index (Phi) is 5.27. The number of fused-ring (bicyclic) bond motifs is 1. The number of H-pyrrole nitrogens is 1. The van der Waals surface area contributed by atoms with Gasteiger partial charge in [0.05, 0.1) is 12.6 Å². The lowest BCUT2D eigenvalue weighted by molar-refractivity contribution is -0.115. The van der Waals surface area contributed by atoms with Gasteiger partial charge in [-0.05, 0) is 29.8 Å². The van der Waals surface area contributed by atoms with Crippen LogP contribution in [0.3, 0.4) is 0 Å². The molecule has 0 bridgehead atoms. The van der Waals surface area contributed by atoms with Crippen molar-refractivity contribution in [2.45, 2.75) is 0 Å². The number of imide groups is 1. The summed E-state index contributed by atoms with van der Waals surface area (Å²) >= 11 is 0. The molecule has 1 heterocycles. The molecule has 0 atom stereocenters. The first-order valence-corrected chi connectivity index (χ1v) is 7.95. The van der Waals surface area contributed by atoms with E-state index in [0.29, 0.717) is 16.7 Å². The molecule has 2 aromatic carbocycles. The molecule has 136 valence electrons. The number of rotatable bonds is 4. The second kappa shape index (κ2) is 7.96. The quantitative estimate of drug-likeness (QED) is 0.480. The average molecular weight is 364 g/mol. The Labute approximate surface area is 154 Å². The molecule has 0 saturated heterocycles. The predicted molar refractivity (Wildman–Crippen MR) is 100 cm³/mol. The van der Waals surface area contributed by atoms with E-state index in [1.54, 1.807) is 61.7 Å². The van der Waals surface area contributed by atoms with E-state index in [-0.39, 0.29) is 11.6 Å². The van der Waals surface area contributed by atoms with Crippen LogP contribution in [0, 0.1) is 0 Å². The summed E-state index contributed by atoms with van der Waals surface area (Å²) < 4.78 is 5.05. The number of methoxy groups -OCH3 is 1. The molecule has 3 aromatic rings. The lowest BCUT2D eigenvalue weighted by Crippen LogP contribution is -2.25. The van der Waals surface area contributed by atoms with Gasteiger partial charge in [0.15, 0.2) is 5.69 Å². The molecule has 0 spiro atoms. The third kappa shape index (κ3) is 4.37. The molecule has 0 aliphatic heterocycles. The lowest BCUT2D eigenvalue weighted by Gasteiger charge is -1.99. The molecule has 0 unspecified atom stereocenters. The number of carbonyl (C=O) groups is 2. The van der Waals surface area contributed by atoms with Crippen molar-refractivity contribution >= 4 is 34.6 Å². The van der Waals surface area contributed by atoms with Crippen LogP contribution in [0.2, 0.25) is 0 Å². The van der Waals surface area contributed by atoms with E-state index in [0.717, 1.165) is 5.56 Å². The molecule has 3 amide bonds. The second-order valence-corrected chi connectivity index (χ2v) is 5.47. The fraction of sp³-hybridized carbons (Fsp3) is 0.0526. The lowest BCUT2D eigenvalue weighted by atomic mass is 10.2. The van der Waals surface area contributed by atoms with Crippen molar-refractivity contribution in [2.24, 2.45) is 10.2 Å². The molecule has 8 heteroatoms. The van der Waals surface area contributed by atoms with Gasteiger partial charge in [-0.25, -0.2) is 4.79 Å². The summed E-state index contributed by atoms with van der Waals surface area (Å²) in [4.78, 5) is 26.3. The van der Waals surface area contributed by atoms with E-state index >= 15 is 0 Å². The van der Waals surface area contributed by atoms with E-state index in [2.05, 4.69) is 20.5 Å². The van der Waals surface area contributed by atoms with Gasteiger partial charge in [-0.1, -0.05) is 35.4 Å². The maximum Gasteiger partial charge on any atom is 0.366 e. The minimum atomic E-state index is -0.941. The van der Waals surface area contributed by atoms with Crippen molar-refractivity contribution in [1.29, 1.82) is 0 Å². The molecule has 3 N–H and O–H groups in total. The molecule has 0 aliphatic rings. The normalized spacial score (nSPS) is 11.3. The number of benzene rings is 2. The zero-order chi connectivity index (χ0) is 19.2. The summed E-state index contributed by atoms with van der Waals surface area (Å²) in [5.74, 6) is -0.149. The molecular formula is C19H16N4O4. The minimum Gasteiger partial charge on any atom is -0.497 e. The average Bonchev–Trinajstić information content (AvgIpc) is 3.00. The Morgan fingerprint density at radius 3 is 2.63 bits per heavy atom. The third-order valence-electron chi connectivity index (χ3n) is 3.67. The fourth-order valence-corrected chi connectivity index (χ4v) is 2.37. The molecule has 0 aliphatic carbocycles. The van der Waals surface area contributed by atoms with Crippen molar-refractivity contribution in [3.8, 4) is 11.6 Å². The van der Waals surface area contributed by atoms with E-state index in [9.17, 15) is 14.7 Å².